The molecule has 0 bridgehead atoms. The Balaban J connectivity index is 1.72. The zero-order valence-corrected chi connectivity index (χ0v) is 13.2. The molecule has 1 aromatic carbocycles. The first kappa shape index (κ1) is 15.2. The van der Waals surface area contributed by atoms with Crippen LogP contribution < -0.4 is 5.32 Å². The van der Waals surface area contributed by atoms with E-state index in [1.54, 1.807) is 44.2 Å². The summed E-state index contributed by atoms with van der Waals surface area (Å²) >= 11 is 5.85. The highest BCUT2D eigenvalue weighted by Crippen LogP contribution is 2.20. The molecule has 1 N–H and O–H groups in total. The van der Waals surface area contributed by atoms with E-state index in [9.17, 15) is 4.79 Å². The van der Waals surface area contributed by atoms with Gasteiger partial charge in [0.05, 0.1) is 5.69 Å². The van der Waals surface area contributed by atoms with Gasteiger partial charge < -0.3 is 14.4 Å². The maximum Gasteiger partial charge on any atom is 0.290 e. The summed E-state index contributed by atoms with van der Waals surface area (Å²) in [6.07, 6.45) is 0. The number of benzene rings is 1. The van der Waals surface area contributed by atoms with E-state index in [0.29, 0.717) is 22.4 Å². The minimum atomic E-state index is -0.471. The van der Waals surface area contributed by atoms with Gasteiger partial charge in [-0.2, -0.15) is 4.98 Å². The second-order valence-electron chi connectivity index (χ2n) is 4.99. The summed E-state index contributed by atoms with van der Waals surface area (Å²) in [6, 6.07) is 8.14. The minimum Gasteiger partial charge on any atom is -0.351 e. The molecule has 0 saturated heterocycles. The van der Waals surface area contributed by atoms with Gasteiger partial charge in [-0.05, 0) is 38.1 Å². The molecule has 3 rings (SSSR count). The van der Waals surface area contributed by atoms with Gasteiger partial charge in [-0.3, -0.25) is 4.79 Å². The van der Waals surface area contributed by atoms with Gasteiger partial charge in [0, 0.05) is 16.7 Å². The van der Waals surface area contributed by atoms with Crippen molar-refractivity contribution in [3.63, 3.8) is 0 Å². The molecule has 1 amide bonds. The van der Waals surface area contributed by atoms with Crippen LogP contribution in [0.15, 0.2) is 39.4 Å². The van der Waals surface area contributed by atoms with Crippen molar-refractivity contribution in [3.05, 3.63) is 52.7 Å². The first-order chi connectivity index (χ1) is 11.0. The van der Waals surface area contributed by atoms with Crippen molar-refractivity contribution < 1.29 is 13.8 Å². The van der Waals surface area contributed by atoms with Crippen molar-refractivity contribution in [1.82, 2.24) is 20.6 Å². The first-order valence-corrected chi connectivity index (χ1v) is 7.24. The molecule has 0 unspecified atom stereocenters. The van der Waals surface area contributed by atoms with Gasteiger partial charge in [0.25, 0.3) is 5.91 Å². The fourth-order valence-corrected chi connectivity index (χ4v) is 2.05. The van der Waals surface area contributed by atoms with Crippen LogP contribution in [0.2, 0.25) is 5.02 Å². The third-order valence-electron chi connectivity index (χ3n) is 3.11. The molecule has 0 fully saturated rings. The molecule has 23 heavy (non-hydrogen) atoms. The lowest BCUT2D eigenvalue weighted by molar-refractivity contribution is 0.0895. The van der Waals surface area contributed by atoms with Crippen LogP contribution in [0.25, 0.3) is 11.4 Å². The number of carbonyl (C=O) groups is 1. The Bertz CT molecular complexity index is 825. The van der Waals surface area contributed by atoms with Crippen molar-refractivity contribution in [2.75, 3.05) is 0 Å². The van der Waals surface area contributed by atoms with Crippen molar-refractivity contribution in [3.8, 4) is 11.4 Å². The lowest BCUT2D eigenvalue weighted by Gasteiger charge is -2.07. The molecule has 0 radical (unpaired) electrons. The zero-order chi connectivity index (χ0) is 16.4. The quantitative estimate of drug-likeness (QED) is 0.788. The molecular weight excluding hydrogens is 320 g/mol. The lowest BCUT2D eigenvalue weighted by atomic mass is 10.2. The summed E-state index contributed by atoms with van der Waals surface area (Å²) < 4.78 is 10.1. The van der Waals surface area contributed by atoms with Crippen molar-refractivity contribution >= 4 is 17.5 Å². The normalized spacial score (nSPS) is 12.1. The predicted octanol–water partition coefficient (Wildman–Crippen LogP) is 3.18. The van der Waals surface area contributed by atoms with Gasteiger partial charge in [-0.1, -0.05) is 21.9 Å². The molecule has 0 aliphatic rings. The number of nitrogens with zero attached hydrogens (tertiary/aromatic N) is 3. The summed E-state index contributed by atoms with van der Waals surface area (Å²) in [5, 5.41) is 10.9. The number of nitrogens with one attached hydrogen (secondary N) is 1. The number of hydrogen-bond acceptors (Lipinski definition) is 6. The second kappa shape index (κ2) is 6.21. The van der Waals surface area contributed by atoms with Crippen LogP contribution in [0.4, 0.5) is 0 Å². The Labute approximate surface area is 136 Å². The highest BCUT2D eigenvalue weighted by molar-refractivity contribution is 6.30. The largest absolute Gasteiger partial charge is 0.351 e. The average Bonchev–Trinajstić information content (AvgIpc) is 3.17. The van der Waals surface area contributed by atoms with E-state index in [4.69, 9.17) is 20.6 Å². The van der Waals surface area contributed by atoms with Gasteiger partial charge >= 0.3 is 0 Å². The number of amides is 1. The number of halogens is 1. The van der Waals surface area contributed by atoms with E-state index in [1.807, 2.05) is 0 Å². The van der Waals surface area contributed by atoms with Crippen molar-refractivity contribution in [2.45, 2.75) is 19.9 Å². The maximum atomic E-state index is 12.0. The summed E-state index contributed by atoms with van der Waals surface area (Å²) in [7, 11) is 0. The number of carbonyl (C=O) groups excluding carboxylic acids is 1. The first-order valence-electron chi connectivity index (χ1n) is 6.86. The van der Waals surface area contributed by atoms with Crippen LogP contribution >= 0.6 is 11.6 Å². The Morgan fingerprint density at radius 2 is 1.96 bits per heavy atom. The van der Waals surface area contributed by atoms with Crippen LogP contribution in [0, 0.1) is 6.92 Å². The van der Waals surface area contributed by atoms with E-state index in [2.05, 4.69) is 20.6 Å². The highest BCUT2D eigenvalue weighted by Gasteiger charge is 2.20. The fourth-order valence-electron chi connectivity index (χ4n) is 1.93. The third kappa shape index (κ3) is 3.40. The van der Waals surface area contributed by atoms with Crippen LogP contribution in [-0.4, -0.2) is 21.2 Å². The van der Waals surface area contributed by atoms with E-state index >= 15 is 0 Å². The van der Waals surface area contributed by atoms with E-state index in [1.165, 1.54) is 0 Å². The Hall–Kier alpha value is -2.67. The van der Waals surface area contributed by atoms with Gasteiger partial charge in [0.2, 0.25) is 17.5 Å². The Morgan fingerprint density at radius 1 is 1.22 bits per heavy atom. The molecule has 0 spiro atoms. The van der Waals surface area contributed by atoms with Crippen LogP contribution in [0.3, 0.4) is 0 Å². The topological polar surface area (TPSA) is 94.1 Å². The Morgan fingerprint density at radius 3 is 2.61 bits per heavy atom. The monoisotopic (exact) mass is 332 g/mol. The van der Waals surface area contributed by atoms with Gasteiger partial charge in [-0.25, -0.2) is 0 Å². The smallest absolute Gasteiger partial charge is 0.290 e. The van der Waals surface area contributed by atoms with Crippen LogP contribution in [0.1, 0.15) is 35.1 Å². The highest BCUT2D eigenvalue weighted by atomic mass is 35.5. The third-order valence-corrected chi connectivity index (χ3v) is 3.37. The maximum absolute atomic E-state index is 12.0. The van der Waals surface area contributed by atoms with Gasteiger partial charge in [0.15, 0.2) is 0 Å². The molecular formula is C15H13ClN4O3. The zero-order valence-electron chi connectivity index (χ0n) is 12.4. The molecule has 2 aromatic heterocycles. The number of hydrogen-bond donors (Lipinski definition) is 1. The van der Waals surface area contributed by atoms with Crippen LogP contribution in [0.5, 0.6) is 0 Å². The number of rotatable bonds is 4. The molecule has 118 valence electrons. The molecule has 3 aromatic rings. The van der Waals surface area contributed by atoms with Gasteiger partial charge in [0.1, 0.15) is 6.04 Å². The van der Waals surface area contributed by atoms with Crippen molar-refractivity contribution in [2.24, 2.45) is 0 Å². The molecule has 7 nitrogen and oxygen atoms in total. The summed E-state index contributed by atoms with van der Waals surface area (Å²) in [6.45, 7) is 3.47. The van der Waals surface area contributed by atoms with E-state index in [-0.39, 0.29) is 5.76 Å². The average molecular weight is 333 g/mol. The standard InChI is InChI=1S/C15H13ClN4O3/c1-8-7-12(22-19-8)14(21)17-9(2)15-18-13(20-23-15)10-3-5-11(16)6-4-10/h3-7,9H,1-2H3,(H,17,21)/t9-/m0/s1. The summed E-state index contributed by atoms with van der Waals surface area (Å²) in [5.41, 5.74) is 1.40. The molecule has 1 atom stereocenters. The van der Waals surface area contributed by atoms with Gasteiger partial charge in [-0.15, -0.1) is 0 Å². The molecule has 0 aliphatic heterocycles. The number of aromatic nitrogens is 3. The lowest BCUT2D eigenvalue weighted by Crippen LogP contribution is -2.26. The molecule has 2 heterocycles. The van der Waals surface area contributed by atoms with E-state index < -0.39 is 11.9 Å². The number of aryl methyl sites for hydroxylation is 1. The molecule has 0 aliphatic carbocycles. The minimum absolute atomic E-state index is 0.131. The summed E-state index contributed by atoms with van der Waals surface area (Å²) in [5.74, 6) is 0.448. The van der Waals surface area contributed by atoms with Crippen LogP contribution in [-0.2, 0) is 0 Å². The Kier molecular flexibility index (Phi) is 4.12. The molecule has 8 heteroatoms. The SMILES string of the molecule is Cc1cc(C(=O)N[C@@H](C)c2nc(-c3ccc(Cl)cc3)no2)on1. The molecule has 0 saturated carbocycles. The second-order valence-corrected chi connectivity index (χ2v) is 5.43. The van der Waals surface area contributed by atoms with E-state index in [0.717, 1.165) is 5.56 Å². The van der Waals surface area contributed by atoms with Crippen molar-refractivity contribution in [1.29, 1.82) is 0 Å². The predicted molar refractivity (Wildman–Crippen MR) is 81.9 cm³/mol. The fraction of sp³-hybridized carbons (Fsp3) is 0.200. The summed E-state index contributed by atoms with van der Waals surface area (Å²) in [4.78, 5) is 16.3.